The molecule has 104 valence electrons. The van der Waals surface area contributed by atoms with E-state index < -0.39 is 0 Å². The van der Waals surface area contributed by atoms with E-state index in [0.717, 1.165) is 15.6 Å². The van der Waals surface area contributed by atoms with E-state index in [1.54, 1.807) is 12.1 Å². The van der Waals surface area contributed by atoms with Gasteiger partial charge in [0.15, 0.2) is 5.84 Å². The Bertz CT molecular complexity index is 642. The summed E-state index contributed by atoms with van der Waals surface area (Å²) in [7, 11) is 0. The zero-order chi connectivity index (χ0) is 14.5. The number of benzene rings is 2. The largest absolute Gasteiger partial charge is 0.488 e. The molecule has 0 atom stereocenters. The molecule has 0 unspecified atom stereocenters. The van der Waals surface area contributed by atoms with Crippen molar-refractivity contribution in [3.63, 3.8) is 0 Å². The standard InChI is InChI=1S/C15H15BrN2O2/c1-10-4-2-3-5-11(10)9-20-14-7-6-12(16)8-13(14)15(17)18-19/h2-8,19H,9H2,1H3,(H2,17,18). The zero-order valence-corrected chi connectivity index (χ0v) is 12.6. The summed E-state index contributed by atoms with van der Waals surface area (Å²) in [5.41, 5.74) is 8.47. The Morgan fingerprint density at radius 2 is 2.05 bits per heavy atom. The molecule has 0 fully saturated rings. The van der Waals surface area contributed by atoms with Gasteiger partial charge in [0.2, 0.25) is 0 Å². The fraction of sp³-hybridized carbons (Fsp3) is 0.133. The summed E-state index contributed by atoms with van der Waals surface area (Å²) in [6.07, 6.45) is 0. The summed E-state index contributed by atoms with van der Waals surface area (Å²) < 4.78 is 6.62. The Balaban J connectivity index is 2.24. The highest BCUT2D eigenvalue weighted by molar-refractivity contribution is 9.10. The van der Waals surface area contributed by atoms with Crippen LogP contribution in [0, 0.1) is 6.92 Å². The lowest BCUT2D eigenvalue weighted by Crippen LogP contribution is -2.15. The highest BCUT2D eigenvalue weighted by Gasteiger charge is 2.10. The van der Waals surface area contributed by atoms with Gasteiger partial charge in [-0.1, -0.05) is 45.4 Å². The van der Waals surface area contributed by atoms with Gasteiger partial charge >= 0.3 is 0 Å². The lowest BCUT2D eigenvalue weighted by atomic mass is 10.1. The number of amidine groups is 1. The van der Waals surface area contributed by atoms with Gasteiger partial charge in [0.25, 0.3) is 0 Å². The number of oxime groups is 1. The molecule has 0 aromatic heterocycles. The number of hydrogen-bond donors (Lipinski definition) is 2. The summed E-state index contributed by atoms with van der Waals surface area (Å²) in [6, 6.07) is 13.4. The van der Waals surface area contributed by atoms with Crippen LogP contribution in [-0.4, -0.2) is 11.0 Å². The molecule has 2 aromatic carbocycles. The molecule has 20 heavy (non-hydrogen) atoms. The summed E-state index contributed by atoms with van der Waals surface area (Å²) >= 11 is 3.35. The van der Waals surface area contributed by atoms with Crippen LogP contribution < -0.4 is 10.5 Å². The third-order valence-corrected chi connectivity index (χ3v) is 3.46. The van der Waals surface area contributed by atoms with Crippen molar-refractivity contribution in [2.75, 3.05) is 0 Å². The van der Waals surface area contributed by atoms with E-state index in [1.165, 1.54) is 0 Å². The normalized spacial score (nSPS) is 11.4. The molecule has 2 aromatic rings. The number of nitrogens with zero attached hydrogens (tertiary/aromatic N) is 1. The third kappa shape index (κ3) is 3.30. The van der Waals surface area contributed by atoms with E-state index in [2.05, 4.69) is 21.1 Å². The molecule has 0 amide bonds. The van der Waals surface area contributed by atoms with Gasteiger partial charge in [0, 0.05) is 4.47 Å². The van der Waals surface area contributed by atoms with Crippen molar-refractivity contribution in [2.45, 2.75) is 13.5 Å². The molecule has 0 heterocycles. The summed E-state index contributed by atoms with van der Waals surface area (Å²) in [5.74, 6) is 0.595. The smallest absolute Gasteiger partial charge is 0.173 e. The average Bonchev–Trinajstić information content (AvgIpc) is 2.46. The van der Waals surface area contributed by atoms with Crippen LogP contribution >= 0.6 is 15.9 Å². The molecule has 2 rings (SSSR count). The average molecular weight is 335 g/mol. The number of aryl methyl sites for hydroxylation is 1. The van der Waals surface area contributed by atoms with Crippen molar-refractivity contribution in [1.82, 2.24) is 0 Å². The predicted molar refractivity (Wildman–Crippen MR) is 82.2 cm³/mol. The predicted octanol–water partition coefficient (Wildman–Crippen LogP) is 3.43. The van der Waals surface area contributed by atoms with E-state index in [1.807, 2.05) is 37.3 Å². The van der Waals surface area contributed by atoms with Crippen molar-refractivity contribution in [3.8, 4) is 5.75 Å². The lowest BCUT2D eigenvalue weighted by Gasteiger charge is -2.12. The fourth-order valence-electron chi connectivity index (χ4n) is 1.81. The second kappa shape index (κ2) is 6.43. The quantitative estimate of drug-likeness (QED) is 0.389. The van der Waals surface area contributed by atoms with Crippen molar-refractivity contribution < 1.29 is 9.94 Å². The number of nitrogens with two attached hydrogens (primary N) is 1. The van der Waals surface area contributed by atoms with E-state index in [0.29, 0.717) is 17.9 Å². The first-order chi connectivity index (χ1) is 9.61. The molecule has 0 aliphatic rings. The Labute approximate surface area is 126 Å². The highest BCUT2D eigenvalue weighted by Crippen LogP contribution is 2.24. The Morgan fingerprint density at radius 1 is 1.30 bits per heavy atom. The van der Waals surface area contributed by atoms with Gasteiger partial charge in [-0.15, -0.1) is 0 Å². The van der Waals surface area contributed by atoms with Crippen LogP contribution in [-0.2, 0) is 6.61 Å². The van der Waals surface area contributed by atoms with Crippen LogP contribution in [0.25, 0.3) is 0 Å². The van der Waals surface area contributed by atoms with Crippen LogP contribution in [0.3, 0.4) is 0 Å². The Hall–Kier alpha value is -2.01. The van der Waals surface area contributed by atoms with Gasteiger partial charge in [-0.2, -0.15) is 0 Å². The fourth-order valence-corrected chi connectivity index (χ4v) is 2.17. The highest BCUT2D eigenvalue weighted by atomic mass is 79.9. The SMILES string of the molecule is Cc1ccccc1COc1ccc(Br)cc1/C(N)=N/O. The van der Waals surface area contributed by atoms with Gasteiger partial charge in [0.05, 0.1) is 5.56 Å². The van der Waals surface area contributed by atoms with E-state index in [-0.39, 0.29) is 5.84 Å². The van der Waals surface area contributed by atoms with E-state index in [9.17, 15) is 0 Å². The second-order valence-corrected chi connectivity index (χ2v) is 5.26. The first kappa shape index (κ1) is 14.4. The Kier molecular flexibility index (Phi) is 4.63. The molecular weight excluding hydrogens is 320 g/mol. The lowest BCUT2D eigenvalue weighted by molar-refractivity contribution is 0.302. The maximum Gasteiger partial charge on any atom is 0.173 e. The van der Waals surface area contributed by atoms with E-state index in [4.69, 9.17) is 15.7 Å². The minimum absolute atomic E-state index is 0.0195. The van der Waals surface area contributed by atoms with Gasteiger partial charge in [0.1, 0.15) is 12.4 Å². The monoisotopic (exact) mass is 334 g/mol. The van der Waals surface area contributed by atoms with Crippen LogP contribution in [0.1, 0.15) is 16.7 Å². The number of ether oxygens (including phenoxy) is 1. The third-order valence-electron chi connectivity index (χ3n) is 2.97. The van der Waals surface area contributed by atoms with E-state index >= 15 is 0 Å². The molecule has 0 spiro atoms. The van der Waals surface area contributed by atoms with Gasteiger partial charge in [-0.25, -0.2) is 0 Å². The number of halogens is 1. The van der Waals surface area contributed by atoms with Gasteiger partial charge in [-0.3, -0.25) is 0 Å². The van der Waals surface area contributed by atoms with Crippen molar-refractivity contribution in [1.29, 1.82) is 0 Å². The summed E-state index contributed by atoms with van der Waals surface area (Å²) in [5, 5.41) is 11.9. The number of hydrogen-bond acceptors (Lipinski definition) is 3. The molecule has 0 bridgehead atoms. The van der Waals surface area contributed by atoms with Gasteiger partial charge in [-0.05, 0) is 36.2 Å². The molecule has 0 aliphatic heterocycles. The minimum Gasteiger partial charge on any atom is -0.488 e. The first-order valence-corrected chi connectivity index (χ1v) is 6.86. The molecule has 0 saturated carbocycles. The molecule has 3 N–H and O–H groups in total. The first-order valence-electron chi connectivity index (χ1n) is 6.06. The maximum atomic E-state index is 8.83. The maximum absolute atomic E-state index is 8.83. The molecule has 0 aliphatic carbocycles. The second-order valence-electron chi connectivity index (χ2n) is 4.34. The summed E-state index contributed by atoms with van der Waals surface area (Å²) in [4.78, 5) is 0. The van der Waals surface area contributed by atoms with Crippen molar-refractivity contribution in [3.05, 3.63) is 63.6 Å². The molecule has 4 nitrogen and oxygen atoms in total. The number of rotatable bonds is 4. The molecule has 0 radical (unpaired) electrons. The van der Waals surface area contributed by atoms with Crippen LogP contribution in [0.15, 0.2) is 52.1 Å². The minimum atomic E-state index is 0.0195. The summed E-state index contributed by atoms with van der Waals surface area (Å²) in [6.45, 7) is 2.46. The van der Waals surface area contributed by atoms with Crippen LogP contribution in [0.5, 0.6) is 5.75 Å². The van der Waals surface area contributed by atoms with Crippen LogP contribution in [0.2, 0.25) is 0 Å². The van der Waals surface area contributed by atoms with Gasteiger partial charge < -0.3 is 15.7 Å². The topological polar surface area (TPSA) is 67.8 Å². The zero-order valence-electron chi connectivity index (χ0n) is 11.0. The Morgan fingerprint density at radius 3 is 2.75 bits per heavy atom. The molecular formula is C15H15BrN2O2. The van der Waals surface area contributed by atoms with Crippen molar-refractivity contribution >= 4 is 21.8 Å². The van der Waals surface area contributed by atoms with Crippen molar-refractivity contribution in [2.24, 2.45) is 10.9 Å². The molecule has 0 saturated heterocycles. The molecule has 5 heteroatoms. The van der Waals surface area contributed by atoms with Crippen LogP contribution in [0.4, 0.5) is 0 Å².